The molecule has 0 radical (unpaired) electrons. The SMILES string of the molecule is [2H]C([2H])([2H])N(CNc1cc(-c2c(-c3ccccc3)cccc2-c2ccccc2)cc(N2CN(C([2H])([2H])[2H])c3ncccc32)c1)c1ncccc1C. The topological polar surface area (TPSA) is 47.5 Å². The second-order valence-electron chi connectivity index (χ2n) is 11.0. The van der Waals surface area contributed by atoms with Gasteiger partial charge < -0.3 is 20.0 Å². The minimum absolute atomic E-state index is 0.0478. The van der Waals surface area contributed by atoms with Crippen molar-refractivity contribution in [3.05, 3.63) is 139 Å². The molecule has 2 aromatic heterocycles. The summed E-state index contributed by atoms with van der Waals surface area (Å²) < 4.78 is 49.9. The van der Waals surface area contributed by atoms with Gasteiger partial charge in [-0.15, -0.1) is 0 Å². The predicted octanol–water partition coefficient (Wildman–Crippen LogP) is 8.84. The number of aromatic nitrogens is 2. The summed E-state index contributed by atoms with van der Waals surface area (Å²) in [5.41, 5.74) is 8.69. The third kappa shape index (κ3) is 5.58. The van der Waals surface area contributed by atoms with Crippen molar-refractivity contribution in [3.63, 3.8) is 0 Å². The second kappa shape index (κ2) is 12.2. The fourth-order valence-electron chi connectivity index (χ4n) is 5.91. The summed E-state index contributed by atoms with van der Waals surface area (Å²) in [7, 11) is 0. The summed E-state index contributed by atoms with van der Waals surface area (Å²) in [5.74, 6) is 0.723. The van der Waals surface area contributed by atoms with Crippen LogP contribution in [0.5, 0.6) is 0 Å². The second-order valence-corrected chi connectivity index (χ2v) is 11.0. The maximum Gasteiger partial charge on any atom is 0.153 e. The number of fused-ring (bicyclic) bond motifs is 1. The summed E-state index contributed by atoms with van der Waals surface area (Å²) in [6, 6.07) is 39.9. The first kappa shape index (κ1) is 22.0. The molecule has 1 N–H and O–H groups in total. The van der Waals surface area contributed by atoms with Crippen LogP contribution in [-0.2, 0) is 0 Å². The Bertz CT molecular complexity index is 2100. The minimum atomic E-state index is -2.48. The van der Waals surface area contributed by atoms with Crippen LogP contribution in [0.3, 0.4) is 0 Å². The Morgan fingerprint density at radius 3 is 2.16 bits per heavy atom. The Hall–Kier alpha value is -5.62. The Kier molecular flexibility index (Phi) is 5.94. The third-order valence-electron chi connectivity index (χ3n) is 8.03. The summed E-state index contributed by atoms with van der Waals surface area (Å²) in [5, 5.41) is 3.39. The van der Waals surface area contributed by atoms with Crippen LogP contribution in [0.1, 0.15) is 13.8 Å². The molecule has 3 heterocycles. The number of hydrogen-bond acceptors (Lipinski definition) is 6. The van der Waals surface area contributed by atoms with Gasteiger partial charge in [-0.3, -0.25) is 0 Å². The van der Waals surface area contributed by atoms with Crippen LogP contribution >= 0.6 is 0 Å². The van der Waals surface area contributed by atoms with E-state index in [0.29, 0.717) is 28.7 Å². The molecule has 0 fully saturated rings. The maximum absolute atomic E-state index is 8.36. The molecule has 6 heteroatoms. The highest BCUT2D eigenvalue weighted by Gasteiger charge is 2.26. The predicted molar refractivity (Wildman–Crippen MR) is 188 cm³/mol. The van der Waals surface area contributed by atoms with E-state index in [-0.39, 0.29) is 13.3 Å². The molecule has 4 aromatic carbocycles. The summed E-state index contributed by atoms with van der Waals surface area (Å²) in [4.78, 5) is 13.4. The highest BCUT2D eigenvalue weighted by atomic mass is 15.4. The van der Waals surface area contributed by atoms with E-state index in [9.17, 15) is 0 Å². The number of hydrogen-bond donors (Lipinski definition) is 1. The number of anilines is 5. The van der Waals surface area contributed by atoms with E-state index in [1.54, 1.807) is 24.5 Å². The van der Waals surface area contributed by atoms with Crippen molar-refractivity contribution in [1.29, 1.82) is 0 Å². The normalized spacial score (nSPS) is 14.8. The Labute approximate surface area is 273 Å². The fraction of sp³-hybridized carbons (Fsp3) is 0.128. The molecule has 0 bridgehead atoms. The van der Waals surface area contributed by atoms with Gasteiger partial charge in [-0.25, -0.2) is 9.97 Å². The molecule has 222 valence electrons. The number of nitrogens with one attached hydrogen (secondary N) is 1. The minimum Gasteiger partial charge on any atom is -0.368 e. The zero-order chi connectivity index (χ0) is 35.8. The molecule has 1 aliphatic rings. The van der Waals surface area contributed by atoms with E-state index < -0.39 is 14.0 Å². The molecule has 7 rings (SSSR count). The van der Waals surface area contributed by atoms with E-state index >= 15 is 0 Å². The molecular weight excluding hydrogens is 552 g/mol. The van der Waals surface area contributed by atoms with Crippen LogP contribution in [0.15, 0.2) is 134 Å². The highest BCUT2D eigenvalue weighted by Crippen LogP contribution is 2.45. The lowest BCUT2D eigenvalue weighted by atomic mass is 9.87. The quantitative estimate of drug-likeness (QED) is 0.178. The Morgan fingerprint density at radius 1 is 0.756 bits per heavy atom. The molecule has 0 saturated heterocycles. The van der Waals surface area contributed by atoms with Crippen LogP contribution < -0.4 is 20.0 Å². The lowest BCUT2D eigenvalue weighted by Crippen LogP contribution is -2.27. The van der Waals surface area contributed by atoms with Crippen molar-refractivity contribution in [2.24, 2.45) is 0 Å². The number of nitrogens with zero attached hydrogens (tertiary/aromatic N) is 5. The molecule has 0 aliphatic carbocycles. The Morgan fingerprint density at radius 2 is 1.47 bits per heavy atom. The lowest BCUT2D eigenvalue weighted by molar-refractivity contribution is 0.932. The highest BCUT2D eigenvalue weighted by molar-refractivity contribution is 5.96. The summed E-state index contributed by atoms with van der Waals surface area (Å²) in [6.45, 7) is -3.08. The largest absolute Gasteiger partial charge is 0.368 e. The molecule has 0 atom stereocenters. The van der Waals surface area contributed by atoms with Crippen LogP contribution in [0, 0.1) is 6.92 Å². The van der Waals surface area contributed by atoms with Crippen LogP contribution in [0.25, 0.3) is 33.4 Å². The average molecular weight is 595 g/mol. The van der Waals surface area contributed by atoms with Crippen molar-refractivity contribution in [1.82, 2.24) is 9.97 Å². The van der Waals surface area contributed by atoms with E-state index in [2.05, 4.69) is 63.8 Å². The van der Waals surface area contributed by atoms with E-state index in [1.807, 2.05) is 72.5 Å². The smallest absolute Gasteiger partial charge is 0.153 e. The van der Waals surface area contributed by atoms with Crippen LogP contribution in [-0.4, -0.2) is 37.3 Å². The number of rotatable bonds is 8. The van der Waals surface area contributed by atoms with Gasteiger partial charge in [0.15, 0.2) is 5.82 Å². The molecule has 1 aliphatic heterocycles. The van der Waals surface area contributed by atoms with Gasteiger partial charge >= 0.3 is 0 Å². The van der Waals surface area contributed by atoms with Gasteiger partial charge in [0.05, 0.1) is 19.0 Å². The standard InChI is InChI=1S/C39H36N6/c1-28-13-11-21-40-38(28)43(2)26-42-32-23-31(24-33(25-32)45-27-44(3)39-36(45)20-12-22-41-39)37-34(29-14-6-4-7-15-29)18-10-19-35(37)30-16-8-5-9-17-30/h4-25,42H,26-27H2,1-3H3/i2D3,3D3. The summed E-state index contributed by atoms with van der Waals surface area (Å²) >= 11 is 0. The lowest BCUT2D eigenvalue weighted by Gasteiger charge is -2.25. The van der Waals surface area contributed by atoms with Crippen molar-refractivity contribution < 1.29 is 8.22 Å². The van der Waals surface area contributed by atoms with Gasteiger partial charge in [-0.05, 0) is 82.3 Å². The van der Waals surface area contributed by atoms with Gasteiger partial charge in [-0.1, -0.05) is 84.9 Å². The molecule has 0 unspecified atom stereocenters. The first-order chi connectivity index (χ1) is 24.5. The third-order valence-corrected chi connectivity index (χ3v) is 8.03. The van der Waals surface area contributed by atoms with Crippen molar-refractivity contribution in [2.75, 3.05) is 47.3 Å². The number of aryl methyl sites for hydroxylation is 1. The number of benzene rings is 4. The van der Waals surface area contributed by atoms with Gasteiger partial charge in [0.1, 0.15) is 5.82 Å². The monoisotopic (exact) mass is 594 g/mol. The molecule has 6 nitrogen and oxygen atoms in total. The van der Waals surface area contributed by atoms with Gasteiger partial charge in [0.2, 0.25) is 0 Å². The van der Waals surface area contributed by atoms with E-state index in [0.717, 1.165) is 38.9 Å². The first-order valence-corrected chi connectivity index (χ1v) is 14.8. The van der Waals surface area contributed by atoms with Gasteiger partial charge in [0, 0.05) is 45.9 Å². The zero-order valence-electron chi connectivity index (χ0n) is 30.9. The van der Waals surface area contributed by atoms with Gasteiger partial charge in [0.25, 0.3) is 0 Å². The number of pyridine rings is 2. The van der Waals surface area contributed by atoms with E-state index in [1.165, 1.54) is 9.80 Å². The molecule has 0 saturated carbocycles. The van der Waals surface area contributed by atoms with Crippen molar-refractivity contribution in [2.45, 2.75) is 6.92 Å². The van der Waals surface area contributed by atoms with Crippen molar-refractivity contribution in [3.8, 4) is 33.4 Å². The molecule has 45 heavy (non-hydrogen) atoms. The molecule has 6 aromatic rings. The molecular formula is C39H36N6. The van der Waals surface area contributed by atoms with E-state index in [4.69, 9.17) is 8.22 Å². The van der Waals surface area contributed by atoms with Crippen LogP contribution in [0.4, 0.5) is 28.7 Å². The maximum atomic E-state index is 8.36. The molecule has 0 amide bonds. The zero-order valence-corrected chi connectivity index (χ0v) is 24.9. The fourth-order valence-corrected chi connectivity index (χ4v) is 5.91. The van der Waals surface area contributed by atoms with Crippen molar-refractivity contribution >= 4 is 28.7 Å². The van der Waals surface area contributed by atoms with Crippen LogP contribution in [0.2, 0.25) is 0 Å². The average Bonchev–Trinajstić information content (AvgIpc) is 3.53. The first-order valence-electron chi connectivity index (χ1n) is 17.8. The van der Waals surface area contributed by atoms with Gasteiger partial charge in [-0.2, -0.15) is 0 Å². The molecule has 0 spiro atoms. The summed E-state index contributed by atoms with van der Waals surface area (Å²) in [6.07, 6.45) is 3.18. The Balaban J connectivity index is 1.42.